The zero-order valence-electron chi connectivity index (χ0n) is 13.8. The van der Waals surface area contributed by atoms with Crippen LogP contribution < -0.4 is 5.32 Å². The van der Waals surface area contributed by atoms with E-state index in [0.717, 1.165) is 17.7 Å². The molecule has 1 nitrogen and oxygen atoms in total. The van der Waals surface area contributed by atoms with Crippen LogP contribution in [0.15, 0.2) is 60.7 Å². The quantitative estimate of drug-likeness (QED) is 0.327. The Labute approximate surface area is 167 Å². The minimum atomic E-state index is 0.182. The summed E-state index contributed by atoms with van der Waals surface area (Å²) in [7, 11) is 0. The molecule has 26 heavy (non-hydrogen) atoms. The number of halogens is 3. The standard InChI is InChI=1S/C22H16Cl3N/c23-17-11-18(24)22-19(20(17)25)15-6-3-7-16(15)21(26-22)14-9-8-12-4-1-2-5-13(12)10-14/h1-6,8-11,15-16,21,26H,7H2. The topological polar surface area (TPSA) is 12.0 Å². The van der Waals surface area contributed by atoms with E-state index in [-0.39, 0.29) is 12.0 Å². The highest BCUT2D eigenvalue weighted by Gasteiger charge is 2.40. The Kier molecular flexibility index (Phi) is 3.93. The Hall–Kier alpha value is -1.67. The van der Waals surface area contributed by atoms with Crippen LogP contribution in [0.25, 0.3) is 10.8 Å². The van der Waals surface area contributed by atoms with Crippen molar-refractivity contribution in [2.75, 3.05) is 5.32 Å². The molecule has 1 aliphatic carbocycles. The summed E-state index contributed by atoms with van der Waals surface area (Å²) < 4.78 is 0. The first-order valence-electron chi connectivity index (χ1n) is 8.73. The molecule has 3 aromatic carbocycles. The van der Waals surface area contributed by atoms with Crippen LogP contribution in [0.5, 0.6) is 0 Å². The summed E-state index contributed by atoms with van der Waals surface area (Å²) in [6.45, 7) is 0. The van der Waals surface area contributed by atoms with Gasteiger partial charge in [0.05, 0.1) is 26.8 Å². The Morgan fingerprint density at radius 3 is 2.54 bits per heavy atom. The average Bonchev–Trinajstić information content (AvgIpc) is 3.14. The van der Waals surface area contributed by atoms with Gasteiger partial charge in [-0.1, -0.05) is 83.4 Å². The number of anilines is 1. The van der Waals surface area contributed by atoms with Gasteiger partial charge in [-0.3, -0.25) is 0 Å². The van der Waals surface area contributed by atoms with E-state index < -0.39 is 0 Å². The van der Waals surface area contributed by atoms with Gasteiger partial charge in [0.25, 0.3) is 0 Å². The Morgan fingerprint density at radius 1 is 0.885 bits per heavy atom. The third-order valence-corrected chi connectivity index (χ3v) is 6.71. The second-order valence-electron chi connectivity index (χ2n) is 7.02. The lowest BCUT2D eigenvalue weighted by atomic mass is 9.76. The van der Waals surface area contributed by atoms with Gasteiger partial charge < -0.3 is 5.32 Å². The summed E-state index contributed by atoms with van der Waals surface area (Å²) >= 11 is 19.4. The van der Waals surface area contributed by atoms with Crippen molar-refractivity contribution in [2.24, 2.45) is 5.92 Å². The zero-order valence-corrected chi connectivity index (χ0v) is 16.1. The van der Waals surface area contributed by atoms with Crippen molar-refractivity contribution in [3.63, 3.8) is 0 Å². The summed E-state index contributed by atoms with van der Waals surface area (Å²) in [5.41, 5.74) is 3.21. The molecule has 3 atom stereocenters. The van der Waals surface area contributed by atoms with Gasteiger partial charge in [-0.15, -0.1) is 0 Å². The van der Waals surface area contributed by atoms with Gasteiger partial charge in [0.2, 0.25) is 0 Å². The maximum absolute atomic E-state index is 6.56. The van der Waals surface area contributed by atoms with Crippen molar-refractivity contribution in [3.8, 4) is 0 Å². The van der Waals surface area contributed by atoms with Crippen LogP contribution in [-0.2, 0) is 0 Å². The summed E-state index contributed by atoms with van der Waals surface area (Å²) in [5, 5.41) is 7.92. The van der Waals surface area contributed by atoms with Crippen molar-refractivity contribution in [2.45, 2.75) is 18.4 Å². The van der Waals surface area contributed by atoms with Gasteiger partial charge >= 0.3 is 0 Å². The van der Waals surface area contributed by atoms with E-state index in [1.54, 1.807) is 6.07 Å². The van der Waals surface area contributed by atoms with Crippen LogP contribution in [0.3, 0.4) is 0 Å². The molecule has 0 bridgehead atoms. The molecule has 0 radical (unpaired) electrons. The lowest BCUT2D eigenvalue weighted by molar-refractivity contribution is 0.426. The monoisotopic (exact) mass is 399 g/mol. The largest absolute Gasteiger partial charge is 0.376 e. The molecule has 0 amide bonds. The fourth-order valence-corrected chi connectivity index (χ4v) is 5.20. The smallest absolute Gasteiger partial charge is 0.0656 e. The predicted octanol–water partition coefficient (Wildman–Crippen LogP) is 7.63. The normalized spacial score (nSPS) is 23.6. The van der Waals surface area contributed by atoms with Crippen LogP contribution in [0.2, 0.25) is 15.1 Å². The zero-order chi connectivity index (χ0) is 17.8. The SMILES string of the molecule is Clc1cc(Cl)c2c(c1Cl)C1C=CCC1C(c1ccc3ccccc3c1)N2. The van der Waals surface area contributed by atoms with E-state index in [1.165, 1.54) is 16.3 Å². The molecule has 1 aliphatic heterocycles. The number of nitrogens with one attached hydrogen (secondary N) is 1. The van der Waals surface area contributed by atoms with E-state index >= 15 is 0 Å². The minimum Gasteiger partial charge on any atom is -0.376 e. The first kappa shape index (κ1) is 16.5. The van der Waals surface area contributed by atoms with Crippen molar-refractivity contribution in [3.05, 3.63) is 86.9 Å². The minimum absolute atomic E-state index is 0.182. The number of rotatable bonds is 1. The second kappa shape index (κ2) is 6.20. The third kappa shape index (κ3) is 2.45. The number of allylic oxidation sites excluding steroid dienone is 2. The Morgan fingerprint density at radius 2 is 1.69 bits per heavy atom. The highest BCUT2D eigenvalue weighted by atomic mass is 35.5. The van der Waals surface area contributed by atoms with E-state index in [1.807, 2.05) is 0 Å². The van der Waals surface area contributed by atoms with Gasteiger partial charge in [0, 0.05) is 11.5 Å². The molecule has 5 rings (SSSR count). The lowest BCUT2D eigenvalue weighted by Gasteiger charge is -2.38. The fraction of sp³-hybridized carbons (Fsp3) is 0.182. The lowest BCUT2D eigenvalue weighted by Crippen LogP contribution is -2.29. The number of hydrogen-bond acceptors (Lipinski definition) is 1. The van der Waals surface area contributed by atoms with E-state index in [9.17, 15) is 0 Å². The summed E-state index contributed by atoms with van der Waals surface area (Å²) in [4.78, 5) is 0. The maximum Gasteiger partial charge on any atom is 0.0656 e. The maximum atomic E-state index is 6.56. The highest BCUT2D eigenvalue weighted by Crippen LogP contribution is 2.55. The van der Waals surface area contributed by atoms with Gasteiger partial charge in [-0.25, -0.2) is 0 Å². The first-order chi connectivity index (χ1) is 12.6. The first-order valence-corrected chi connectivity index (χ1v) is 9.86. The van der Waals surface area contributed by atoms with Gasteiger partial charge in [0.15, 0.2) is 0 Å². The predicted molar refractivity (Wildman–Crippen MR) is 112 cm³/mol. The molecule has 4 heteroatoms. The van der Waals surface area contributed by atoms with E-state index in [0.29, 0.717) is 21.0 Å². The van der Waals surface area contributed by atoms with Crippen molar-refractivity contribution < 1.29 is 0 Å². The van der Waals surface area contributed by atoms with Gasteiger partial charge in [-0.05, 0) is 40.8 Å². The van der Waals surface area contributed by atoms with Crippen molar-refractivity contribution >= 4 is 51.3 Å². The summed E-state index contributed by atoms with van der Waals surface area (Å²) in [6.07, 6.45) is 5.50. The molecule has 0 aromatic heterocycles. The summed E-state index contributed by atoms with van der Waals surface area (Å²) in [5.74, 6) is 0.627. The molecule has 3 unspecified atom stereocenters. The molecular formula is C22H16Cl3N. The van der Waals surface area contributed by atoms with Crippen LogP contribution in [0.1, 0.15) is 29.5 Å². The van der Waals surface area contributed by atoms with Crippen molar-refractivity contribution in [1.82, 2.24) is 0 Å². The van der Waals surface area contributed by atoms with Crippen molar-refractivity contribution in [1.29, 1.82) is 0 Å². The van der Waals surface area contributed by atoms with Gasteiger partial charge in [-0.2, -0.15) is 0 Å². The molecular weight excluding hydrogens is 385 g/mol. The summed E-state index contributed by atoms with van der Waals surface area (Å²) in [6, 6.07) is 17.0. The third-order valence-electron chi connectivity index (χ3n) is 5.61. The van der Waals surface area contributed by atoms with Crippen LogP contribution >= 0.6 is 34.8 Å². The van der Waals surface area contributed by atoms with Crippen LogP contribution in [-0.4, -0.2) is 0 Å². The fourth-order valence-electron chi connectivity index (χ4n) is 4.39. The molecule has 0 saturated heterocycles. The molecule has 1 heterocycles. The molecule has 0 fully saturated rings. The molecule has 130 valence electrons. The molecule has 3 aromatic rings. The Bertz CT molecular complexity index is 1060. The molecule has 2 aliphatic rings. The van der Waals surface area contributed by atoms with E-state index in [4.69, 9.17) is 34.8 Å². The second-order valence-corrected chi connectivity index (χ2v) is 8.22. The molecule has 0 spiro atoms. The Balaban J connectivity index is 1.66. The van der Waals surface area contributed by atoms with Crippen LogP contribution in [0, 0.1) is 5.92 Å². The molecule has 0 saturated carbocycles. The average molecular weight is 401 g/mol. The highest BCUT2D eigenvalue weighted by molar-refractivity contribution is 6.44. The number of benzene rings is 3. The molecule has 1 N–H and O–H groups in total. The van der Waals surface area contributed by atoms with Gasteiger partial charge in [0.1, 0.15) is 0 Å². The van der Waals surface area contributed by atoms with E-state index in [2.05, 4.69) is 59.9 Å². The number of hydrogen-bond donors (Lipinski definition) is 1. The van der Waals surface area contributed by atoms with Crippen LogP contribution in [0.4, 0.5) is 5.69 Å². The number of fused-ring (bicyclic) bond motifs is 4.